The van der Waals surface area contributed by atoms with E-state index < -0.39 is 11.4 Å². The highest BCUT2D eigenvalue weighted by Gasteiger charge is 2.05. The van der Waals surface area contributed by atoms with Gasteiger partial charge in [-0.05, 0) is 18.2 Å². The number of H-pyrrole nitrogens is 1. The molecule has 0 amide bonds. The van der Waals surface area contributed by atoms with Crippen molar-refractivity contribution in [3.05, 3.63) is 46.0 Å². The van der Waals surface area contributed by atoms with Gasteiger partial charge in [-0.25, -0.2) is 9.37 Å². The number of benzene rings is 1. The van der Waals surface area contributed by atoms with Crippen LogP contribution < -0.4 is 11.3 Å². The lowest BCUT2D eigenvalue weighted by Gasteiger charge is -2.02. The molecule has 0 unspecified atom stereocenters. The summed E-state index contributed by atoms with van der Waals surface area (Å²) in [6, 6.07) is 4.99. The molecule has 0 saturated heterocycles. The van der Waals surface area contributed by atoms with Crippen molar-refractivity contribution in [2.75, 3.05) is 5.73 Å². The van der Waals surface area contributed by atoms with Crippen LogP contribution in [0.1, 0.15) is 10.4 Å². The standard InChI is InChI=1S/C11H8FN3O2S/c12-7-1-6(5-16)2-8(3-7)18-11-14-9(13)4-10(17)15-11/h1-5H,(H3,13,14,15,17). The van der Waals surface area contributed by atoms with Crippen LogP contribution in [-0.4, -0.2) is 16.3 Å². The molecule has 0 fully saturated rings. The predicted octanol–water partition coefficient (Wildman–Crippen LogP) is 1.45. The number of aromatic nitrogens is 2. The first kappa shape index (κ1) is 12.3. The fraction of sp³-hybridized carbons (Fsp3) is 0. The number of anilines is 1. The molecule has 18 heavy (non-hydrogen) atoms. The molecule has 0 aliphatic rings. The minimum absolute atomic E-state index is 0.0771. The third-order valence-electron chi connectivity index (χ3n) is 1.98. The number of aromatic amines is 1. The van der Waals surface area contributed by atoms with Gasteiger partial charge in [-0.15, -0.1) is 0 Å². The summed E-state index contributed by atoms with van der Waals surface area (Å²) in [5.74, 6) is -0.457. The van der Waals surface area contributed by atoms with Gasteiger partial charge < -0.3 is 10.7 Å². The third-order valence-corrected chi connectivity index (χ3v) is 2.84. The summed E-state index contributed by atoms with van der Waals surface area (Å²) in [6.07, 6.45) is 0.544. The molecule has 0 radical (unpaired) electrons. The van der Waals surface area contributed by atoms with Gasteiger partial charge in [-0.3, -0.25) is 9.59 Å². The Hall–Kier alpha value is -2.15. The molecule has 2 rings (SSSR count). The largest absolute Gasteiger partial charge is 0.383 e. The van der Waals surface area contributed by atoms with E-state index in [0.29, 0.717) is 11.2 Å². The average Bonchev–Trinajstić information content (AvgIpc) is 2.26. The zero-order valence-electron chi connectivity index (χ0n) is 9.01. The Kier molecular flexibility index (Phi) is 3.42. The molecular weight excluding hydrogens is 257 g/mol. The maximum absolute atomic E-state index is 13.2. The van der Waals surface area contributed by atoms with Crippen LogP contribution in [0, 0.1) is 5.82 Å². The van der Waals surface area contributed by atoms with E-state index in [1.54, 1.807) is 0 Å². The number of nitrogens with two attached hydrogens (primary N) is 1. The lowest BCUT2D eigenvalue weighted by atomic mass is 10.2. The van der Waals surface area contributed by atoms with Gasteiger partial charge in [-0.2, -0.15) is 0 Å². The number of nitrogens with zero attached hydrogens (tertiary/aromatic N) is 1. The first-order chi connectivity index (χ1) is 8.56. The van der Waals surface area contributed by atoms with Gasteiger partial charge in [0.2, 0.25) is 0 Å². The topological polar surface area (TPSA) is 88.8 Å². The van der Waals surface area contributed by atoms with Crippen LogP contribution >= 0.6 is 11.8 Å². The number of hydrogen-bond acceptors (Lipinski definition) is 5. The van der Waals surface area contributed by atoms with Crippen LogP contribution in [0.15, 0.2) is 39.1 Å². The number of nitrogens with one attached hydrogen (secondary N) is 1. The van der Waals surface area contributed by atoms with Crippen molar-refractivity contribution >= 4 is 23.9 Å². The molecule has 0 aliphatic heterocycles. The van der Waals surface area contributed by atoms with Gasteiger partial charge in [0.25, 0.3) is 5.56 Å². The second-order valence-corrected chi connectivity index (χ2v) is 4.48. The van der Waals surface area contributed by atoms with Crippen LogP contribution in [0.3, 0.4) is 0 Å². The Bertz CT molecular complexity index is 657. The fourth-order valence-electron chi connectivity index (χ4n) is 1.32. The summed E-state index contributed by atoms with van der Waals surface area (Å²) < 4.78 is 13.2. The van der Waals surface area contributed by atoms with Crippen LogP contribution in [0.2, 0.25) is 0 Å². The molecule has 0 bridgehead atoms. The van der Waals surface area contributed by atoms with Gasteiger partial charge in [-0.1, -0.05) is 11.8 Å². The molecule has 3 N–H and O–H groups in total. The summed E-state index contributed by atoms with van der Waals surface area (Å²) in [5.41, 5.74) is 5.24. The molecule has 1 aromatic carbocycles. The molecule has 92 valence electrons. The molecule has 0 saturated carbocycles. The van der Waals surface area contributed by atoms with E-state index in [2.05, 4.69) is 9.97 Å². The Morgan fingerprint density at radius 2 is 2.11 bits per heavy atom. The monoisotopic (exact) mass is 265 g/mol. The highest BCUT2D eigenvalue weighted by molar-refractivity contribution is 7.99. The Balaban J connectivity index is 2.36. The minimum Gasteiger partial charge on any atom is -0.383 e. The van der Waals surface area contributed by atoms with E-state index in [1.165, 1.54) is 12.1 Å². The zero-order valence-corrected chi connectivity index (χ0v) is 9.83. The molecule has 2 aromatic rings. The van der Waals surface area contributed by atoms with Gasteiger partial charge in [0.05, 0.1) is 0 Å². The van der Waals surface area contributed by atoms with E-state index in [1.807, 2.05) is 0 Å². The van der Waals surface area contributed by atoms with E-state index in [4.69, 9.17) is 5.73 Å². The number of aldehydes is 1. The van der Waals surface area contributed by atoms with E-state index >= 15 is 0 Å². The SMILES string of the molecule is Nc1cc(=O)[nH]c(Sc2cc(F)cc(C=O)c2)n1. The van der Waals surface area contributed by atoms with Crippen molar-refractivity contribution in [2.24, 2.45) is 0 Å². The summed E-state index contributed by atoms with van der Waals surface area (Å²) in [5, 5.41) is 0.238. The summed E-state index contributed by atoms with van der Waals surface area (Å²) in [7, 11) is 0. The maximum Gasteiger partial charge on any atom is 0.253 e. The smallest absolute Gasteiger partial charge is 0.253 e. The Labute approximate surface area is 105 Å². The minimum atomic E-state index is -0.534. The van der Waals surface area contributed by atoms with Crippen molar-refractivity contribution in [1.82, 2.24) is 9.97 Å². The molecule has 1 aromatic heterocycles. The first-order valence-corrected chi connectivity index (χ1v) is 5.69. The normalized spacial score (nSPS) is 10.3. The van der Waals surface area contributed by atoms with Crippen LogP contribution in [0.4, 0.5) is 10.2 Å². The second-order valence-electron chi connectivity index (χ2n) is 3.42. The summed E-state index contributed by atoms with van der Waals surface area (Å²) >= 11 is 1.01. The number of hydrogen-bond donors (Lipinski definition) is 2. The average molecular weight is 265 g/mol. The first-order valence-electron chi connectivity index (χ1n) is 4.87. The molecule has 0 atom stereocenters. The quantitative estimate of drug-likeness (QED) is 0.647. The molecule has 0 spiro atoms. The van der Waals surface area contributed by atoms with Gasteiger partial charge in [0.15, 0.2) is 5.16 Å². The molecule has 7 heteroatoms. The number of carbonyl (C=O) groups is 1. The highest BCUT2D eigenvalue weighted by atomic mass is 32.2. The highest BCUT2D eigenvalue weighted by Crippen LogP contribution is 2.25. The van der Waals surface area contributed by atoms with Gasteiger partial charge >= 0.3 is 0 Å². The second kappa shape index (κ2) is 5.01. The lowest BCUT2D eigenvalue weighted by Crippen LogP contribution is -2.09. The lowest BCUT2D eigenvalue weighted by molar-refractivity contribution is 0.112. The molecular formula is C11H8FN3O2S. The summed E-state index contributed by atoms with van der Waals surface area (Å²) in [6.45, 7) is 0. The van der Waals surface area contributed by atoms with Gasteiger partial charge in [0.1, 0.15) is 17.9 Å². The fourth-order valence-corrected chi connectivity index (χ4v) is 2.22. The van der Waals surface area contributed by atoms with Crippen LogP contribution in [0.5, 0.6) is 0 Å². The van der Waals surface area contributed by atoms with Crippen LogP contribution in [-0.2, 0) is 0 Å². The van der Waals surface area contributed by atoms with Gasteiger partial charge in [0, 0.05) is 16.5 Å². The number of nitrogen functional groups attached to an aromatic ring is 1. The predicted molar refractivity (Wildman–Crippen MR) is 65.2 cm³/mol. The number of rotatable bonds is 3. The number of halogens is 1. The van der Waals surface area contributed by atoms with E-state index in [-0.39, 0.29) is 16.5 Å². The number of carbonyl (C=O) groups excluding carboxylic acids is 1. The van der Waals surface area contributed by atoms with Crippen molar-refractivity contribution in [3.63, 3.8) is 0 Å². The van der Waals surface area contributed by atoms with Crippen molar-refractivity contribution in [2.45, 2.75) is 10.1 Å². The molecule has 0 aliphatic carbocycles. The Morgan fingerprint density at radius 3 is 2.78 bits per heavy atom. The maximum atomic E-state index is 13.2. The van der Waals surface area contributed by atoms with Crippen molar-refractivity contribution < 1.29 is 9.18 Å². The van der Waals surface area contributed by atoms with Crippen LogP contribution in [0.25, 0.3) is 0 Å². The van der Waals surface area contributed by atoms with Crippen molar-refractivity contribution in [1.29, 1.82) is 0 Å². The van der Waals surface area contributed by atoms with Crippen molar-refractivity contribution in [3.8, 4) is 0 Å². The van der Waals surface area contributed by atoms with E-state index in [0.717, 1.165) is 23.9 Å². The third kappa shape index (κ3) is 2.95. The summed E-state index contributed by atoms with van der Waals surface area (Å²) in [4.78, 5) is 28.6. The molecule has 1 heterocycles. The molecule has 5 nitrogen and oxygen atoms in total. The van der Waals surface area contributed by atoms with E-state index in [9.17, 15) is 14.0 Å². The zero-order chi connectivity index (χ0) is 13.1. The Morgan fingerprint density at radius 1 is 1.33 bits per heavy atom.